The molecule has 1 aromatic carbocycles. The van der Waals surface area contributed by atoms with Crippen molar-refractivity contribution in [3.05, 3.63) is 82.3 Å². The van der Waals surface area contributed by atoms with Crippen LogP contribution < -0.4 is 5.32 Å². The van der Waals surface area contributed by atoms with Crippen LogP contribution in [-0.2, 0) is 6.54 Å². The second-order valence-corrected chi connectivity index (χ2v) is 6.45. The highest BCUT2D eigenvalue weighted by Gasteiger charge is 2.18. The summed E-state index contributed by atoms with van der Waals surface area (Å²) in [7, 11) is 1.73. The van der Waals surface area contributed by atoms with Gasteiger partial charge in [0.05, 0.1) is 16.1 Å². The largest absolute Gasteiger partial charge is 0.337 e. The molecule has 2 heterocycles. The Kier molecular flexibility index (Phi) is 5.20. The first-order valence-electron chi connectivity index (χ1n) is 7.73. The molecule has 0 spiro atoms. The van der Waals surface area contributed by atoms with E-state index >= 15 is 0 Å². The third-order valence-electron chi connectivity index (χ3n) is 3.64. The number of carbonyl (C=O) groups excluding carboxylic acids is 2. The molecule has 0 aliphatic rings. The minimum atomic E-state index is -0.217. The van der Waals surface area contributed by atoms with Crippen molar-refractivity contribution in [2.75, 3.05) is 12.4 Å². The van der Waals surface area contributed by atoms with E-state index in [1.54, 1.807) is 54.7 Å². The summed E-state index contributed by atoms with van der Waals surface area (Å²) in [5.74, 6) is -0.379. The highest BCUT2D eigenvalue weighted by molar-refractivity contribution is 7.12. The molecule has 0 aliphatic heterocycles. The summed E-state index contributed by atoms with van der Waals surface area (Å²) in [6.07, 6.45) is 3.43. The van der Waals surface area contributed by atoms with E-state index in [0.717, 1.165) is 5.56 Å². The zero-order chi connectivity index (χ0) is 17.6. The molecule has 3 aromatic rings. The summed E-state index contributed by atoms with van der Waals surface area (Å²) in [5, 5.41) is 4.67. The van der Waals surface area contributed by atoms with Gasteiger partial charge in [0.15, 0.2) is 0 Å². The number of anilines is 1. The van der Waals surface area contributed by atoms with E-state index in [9.17, 15) is 9.59 Å². The molecule has 5 nitrogen and oxygen atoms in total. The minimum absolute atomic E-state index is 0.161. The van der Waals surface area contributed by atoms with Crippen molar-refractivity contribution in [3.8, 4) is 0 Å². The second kappa shape index (κ2) is 7.72. The number of rotatable bonds is 5. The van der Waals surface area contributed by atoms with Crippen LogP contribution in [0.2, 0.25) is 0 Å². The molecular weight excluding hydrogens is 334 g/mol. The fraction of sp³-hybridized carbons (Fsp3) is 0.105. The lowest BCUT2D eigenvalue weighted by Gasteiger charge is -2.19. The molecular formula is C19H17N3O2S. The first kappa shape index (κ1) is 16.9. The van der Waals surface area contributed by atoms with E-state index in [0.29, 0.717) is 22.7 Å². The average Bonchev–Trinajstić information content (AvgIpc) is 3.17. The smallest absolute Gasteiger partial charge is 0.265 e. The first-order valence-corrected chi connectivity index (χ1v) is 8.61. The molecule has 126 valence electrons. The number of aromatic nitrogens is 1. The van der Waals surface area contributed by atoms with Gasteiger partial charge >= 0.3 is 0 Å². The molecule has 0 radical (unpaired) electrons. The van der Waals surface area contributed by atoms with Gasteiger partial charge in [0, 0.05) is 26.0 Å². The van der Waals surface area contributed by atoms with E-state index in [1.807, 2.05) is 23.6 Å². The first-order chi connectivity index (χ1) is 12.1. The molecule has 0 atom stereocenters. The van der Waals surface area contributed by atoms with E-state index in [4.69, 9.17) is 0 Å². The van der Waals surface area contributed by atoms with Gasteiger partial charge < -0.3 is 10.2 Å². The highest BCUT2D eigenvalue weighted by atomic mass is 32.1. The van der Waals surface area contributed by atoms with Gasteiger partial charge in [-0.25, -0.2) is 0 Å². The molecule has 2 amide bonds. The third kappa shape index (κ3) is 4.10. The second-order valence-electron chi connectivity index (χ2n) is 5.50. The molecule has 0 fully saturated rings. The lowest BCUT2D eigenvalue weighted by molar-refractivity contribution is 0.0786. The molecule has 25 heavy (non-hydrogen) atoms. The number of nitrogens with zero attached hydrogens (tertiary/aromatic N) is 2. The quantitative estimate of drug-likeness (QED) is 0.763. The number of nitrogens with one attached hydrogen (secondary N) is 1. The monoisotopic (exact) mass is 351 g/mol. The van der Waals surface area contributed by atoms with Crippen LogP contribution in [0.15, 0.2) is 66.3 Å². The maximum atomic E-state index is 12.8. The Balaban J connectivity index is 1.77. The summed E-state index contributed by atoms with van der Waals surface area (Å²) in [6, 6.07) is 14.3. The van der Waals surface area contributed by atoms with Crippen molar-refractivity contribution in [2.24, 2.45) is 0 Å². The number of thiophene rings is 1. The number of para-hydroxylation sites is 1. The Morgan fingerprint density at radius 1 is 1.12 bits per heavy atom. The molecule has 6 heteroatoms. The van der Waals surface area contributed by atoms with Crippen molar-refractivity contribution >= 4 is 28.8 Å². The molecule has 1 N–H and O–H groups in total. The van der Waals surface area contributed by atoms with Crippen molar-refractivity contribution in [3.63, 3.8) is 0 Å². The Morgan fingerprint density at radius 3 is 2.68 bits per heavy atom. The standard InChI is InChI=1S/C19H17N3O2S/c1-22(13-14-6-4-10-20-12-14)19(24)15-7-2-3-8-16(15)21-18(23)17-9-5-11-25-17/h2-12H,13H2,1H3,(H,21,23). The van der Waals surface area contributed by atoms with E-state index in [-0.39, 0.29) is 11.8 Å². The van der Waals surface area contributed by atoms with Crippen molar-refractivity contribution in [1.29, 1.82) is 0 Å². The summed E-state index contributed by atoms with van der Waals surface area (Å²) < 4.78 is 0. The summed E-state index contributed by atoms with van der Waals surface area (Å²) in [4.78, 5) is 31.3. The number of pyridine rings is 1. The Hall–Kier alpha value is -2.99. The van der Waals surface area contributed by atoms with Gasteiger partial charge in [0.1, 0.15) is 0 Å². The third-order valence-corrected chi connectivity index (χ3v) is 4.51. The highest BCUT2D eigenvalue weighted by Crippen LogP contribution is 2.20. The maximum Gasteiger partial charge on any atom is 0.265 e. The van der Waals surface area contributed by atoms with Crippen LogP contribution in [0.1, 0.15) is 25.6 Å². The van der Waals surface area contributed by atoms with Gasteiger partial charge in [-0.2, -0.15) is 0 Å². The van der Waals surface area contributed by atoms with Crippen LogP contribution in [0.3, 0.4) is 0 Å². The molecule has 0 unspecified atom stereocenters. The number of hydrogen-bond donors (Lipinski definition) is 1. The fourth-order valence-corrected chi connectivity index (χ4v) is 3.03. The van der Waals surface area contributed by atoms with Crippen molar-refractivity contribution in [1.82, 2.24) is 9.88 Å². The Bertz CT molecular complexity index is 863. The molecule has 0 aliphatic carbocycles. The number of carbonyl (C=O) groups is 2. The van der Waals surface area contributed by atoms with Crippen LogP contribution in [0.5, 0.6) is 0 Å². The fourth-order valence-electron chi connectivity index (χ4n) is 2.41. The number of amides is 2. The van der Waals surface area contributed by atoms with E-state index in [2.05, 4.69) is 10.3 Å². The van der Waals surface area contributed by atoms with E-state index < -0.39 is 0 Å². The number of hydrogen-bond acceptors (Lipinski definition) is 4. The summed E-state index contributed by atoms with van der Waals surface area (Å²) >= 11 is 1.36. The molecule has 0 bridgehead atoms. The predicted molar refractivity (Wildman–Crippen MR) is 98.7 cm³/mol. The van der Waals surface area contributed by atoms with Crippen LogP contribution in [0.25, 0.3) is 0 Å². The predicted octanol–water partition coefficient (Wildman–Crippen LogP) is 3.67. The topological polar surface area (TPSA) is 62.3 Å². The van der Waals surface area contributed by atoms with Crippen LogP contribution in [0, 0.1) is 0 Å². The summed E-state index contributed by atoms with van der Waals surface area (Å²) in [5.41, 5.74) is 1.90. The maximum absolute atomic E-state index is 12.8. The zero-order valence-electron chi connectivity index (χ0n) is 13.7. The molecule has 3 rings (SSSR count). The van der Waals surface area contributed by atoms with Crippen LogP contribution in [-0.4, -0.2) is 28.7 Å². The van der Waals surface area contributed by atoms with Gasteiger partial charge in [-0.05, 0) is 35.2 Å². The van der Waals surface area contributed by atoms with Gasteiger partial charge in [-0.3, -0.25) is 14.6 Å². The van der Waals surface area contributed by atoms with Crippen molar-refractivity contribution in [2.45, 2.75) is 6.54 Å². The van der Waals surface area contributed by atoms with Gasteiger partial charge in [-0.15, -0.1) is 11.3 Å². The Morgan fingerprint density at radius 2 is 1.96 bits per heavy atom. The Labute approximate surface area is 149 Å². The SMILES string of the molecule is CN(Cc1cccnc1)C(=O)c1ccccc1NC(=O)c1cccs1. The average molecular weight is 351 g/mol. The number of benzene rings is 1. The van der Waals surface area contributed by atoms with Gasteiger partial charge in [-0.1, -0.05) is 24.3 Å². The minimum Gasteiger partial charge on any atom is -0.337 e. The van der Waals surface area contributed by atoms with Crippen LogP contribution >= 0.6 is 11.3 Å². The zero-order valence-corrected chi connectivity index (χ0v) is 14.5. The molecule has 2 aromatic heterocycles. The normalized spacial score (nSPS) is 10.3. The summed E-state index contributed by atoms with van der Waals surface area (Å²) in [6.45, 7) is 0.444. The molecule has 0 saturated carbocycles. The lowest BCUT2D eigenvalue weighted by Crippen LogP contribution is -2.27. The lowest BCUT2D eigenvalue weighted by atomic mass is 10.1. The van der Waals surface area contributed by atoms with E-state index in [1.165, 1.54) is 11.3 Å². The van der Waals surface area contributed by atoms with Crippen molar-refractivity contribution < 1.29 is 9.59 Å². The molecule has 0 saturated heterocycles. The van der Waals surface area contributed by atoms with Gasteiger partial charge in [0.2, 0.25) is 0 Å². The van der Waals surface area contributed by atoms with Crippen LogP contribution in [0.4, 0.5) is 5.69 Å². The van der Waals surface area contributed by atoms with Gasteiger partial charge in [0.25, 0.3) is 11.8 Å².